The van der Waals surface area contributed by atoms with Crippen LogP contribution < -0.4 is 4.90 Å². The molecule has 15 heavy (non-hydrogen) atoms. The minimum atomic E-state index is 0.0116. The van der Waals surface area contributed by atoms with Crippen LogP contribution in [-0.4, -0.2) is 34.9 Å². The lowest BCUT2D eigenvalue weighted by Crippen LogP contribution is -2.32. The fourth-order valence-electron chi connectivity index (χ4n) is 1.34. The highest BCUT2D eigenvalue weighted by Gasteiger charge is 2.10. The number of rotatable bonds is 4. The first-order valence-corrected chi connectivity index (χ1v) is 5.00. The Morgan fingerprint density at radius 1 is 1.40 bits per heavy atom. The Morgan fingerprint density at radius 2 is 2.07 bits per heavy atom. The quantitative estimate of drug-likeness (QED) is 0.768. The van der Waals surface area contributed by atoms with E-state index >= 15 is 0 Å². The van der Waals surface area contributed by atoms with Crippen molar-refractivity contribution in [2.45, 2.75) is 26.5 Å². The lowest BCUT2D eigenvalue weighted by atomic mass is 10.2. The van der Waals surface area contributed by atoms with E-state index in [1.165, 1.54) is 0 Å². The van der Waals surface area contributed by atoms with E-state index in [9.17, 15) is 0 Å². The van der Waals surface area contributed by atoms with Crippen molar-refractivity contribution in [1.29, 1.82) is 0 Å². The summed E-state index contributed by atoms with van der Waals surface area (Å²) in [6.07, 6.45) is 0. The summed E-state index contributed by atoms with van der Waals surface area (Å²) in [4.78, 5) is 6.25. The van der Waals surface area contributed by atoms with E-state index in [1.807, 2.05) is 37.9 Å². The maximum atomic E-state index is 9.07. The predicted molar refractivity (Wildman–Crippen MR) is 59.8 cm³/mol. The topological polar surface area (TPSA) is 56.6 Å². The van der Waals surface area contributed by atoms with Crippen molar-refractivity contribution in [3.05, 3.63) is 23.4 Å². The van der Waals surface area contributed by atoms with Crippen LogP contribution in [-0.2, 0) is 6.61 Å². The van der Waals surface area contributed by atoms with Crippen LogP contribution in [0.3, 0.4) is 0 Å². The zero-order valence-corrected chi connectivity index (χ0v) is 9.44. The van der Waals surface area contributed by atoms with Crippen molar-refractivity contribution in [3.8, 4) is 0 Å². The van der Waals surface area contributed by atoms with Crippen LogP contribution in [0.5, 0.6) is 0 Å². The average Bonchev–Trinajstić information content (AvgIpc) is 2.26. The normalized spacial score (nSPS) is 12.6. The number of pyridine rings is 1. The first-order chi connectivity index (χ1) is 7.08. The molecule has 0 fully saturated rings. The van der Waals surface area contributed by atoms with Crippen molar-refractivity contribution in [2.75, 3.05) is 18.6 Å². The molecule has 1 aromatic rings. The Kier molecular flexibility index (Phi) is 4.05. The SMILES string of the molecule is Cc1cc(CO)cc(N(C)C(C)CO)n1. The van der Waals surface area contributed by atoms with Gasteiger partial charge in [-0.3, -0.25) is 0 Å². The van der Waals surface area contributed by atoms with Crippen molar-refractivity contribution in [2.24, 2.45) is 0 Å². The van der Waals surface area contributed by atoms with Gasteiger partial charge in [0.25, 0.3) is 0 Å². The minimum Gasteiger partial charge on any atom is -0.394 e. The molecule has 0 aliphatic rings. The molecule has 1 aromatic heterocycles. The number of aromatic nitrogens is 1. The molecule has 0 saturated carbocycles. The number of nitrogens with zero attached hydrogens (tertiary/aromatic N) is 2. The van der Waals surface area contributed by atoms with Crippen LogP contribution >= 0.6 is 0 Å². The van der Waals surface area contributed by atoms with Crippen LogP contribution in [0.15, 0.2) is 12.1 Å². The average molecular weight is 210 g/mol. The van der Waals surface area contributed by atoms with Crippen molar-refractivity contribution in [3.63, 3.8) is 0 Å². The van der Waals surface area contributed by atoms with E-state index in [-0.39, 0.29) is 19.3 Å². The van der Waals surface area contributed by atoms with Crippen LogP contribution in [0, 0.1) is 6.92 Å². The van der Waals surface area contributed by atoms with Gasteiger partial charge in [-0.05, 0) is 31.5 Å². The molecular formula is C11H18N2O2. The number of hydrogen-bond acceptors (Lipinski definition) is 4. The largest absolute Gasteiger partial charge is 0.394 e. The molecule has 84 valence electrons. The summed E-state index contributed by atoms with van der Waals surface area (Å²) in [6.45, 7) is 3.90. The van der Waals surface area contributed by atoms with Gasteiger partial charge in [0, 0.05) is 12.7 Å². The highest BCUT2D eigenvalue weighted by Crippen LogP contribution is 2.15. The van der Waals surface area contributed by atoms with Gasteiger partial charge in [-0.1, -0.05) is 0 Å². The van der Waals surface area contributed by atoms with E-state index in [4.69, 9.17) is 10.2 Å². The summed E-state index contributed by atoms with van der Waals surface area (Å²) in [5, 5.41) is 18.1. The zero-order chi connectivity index (χ0) is 11.4. The summed E-state index contributed by atoms with van der Waals surface area (Å²) in [5.41, 5.74) is 1.71. The van der Waals surface area contributed by atoms with Gasteiger partial charge in [0.15, 0.2) is 0 Å². The van der Waals surface area contributed by atoms with E-state index < -0.39 is 0 Å². The summed E-state index contributed by atoms with van der Waals surface area (Å²) in [6, 6.07) is 3.70. The third-order valence-corrected chi connectivity index (χ3v) is 2.47. The highest BCUT2D eigenvalue weighted by atomic mass is 16.3. The lowest BCUT2D eigenvalue weighted by molar-refractivity contribution is 0.269. The number of aliphatic hydroxyl groups is 2. The molecule has 0 aromatic carbocycles. The molecule has 0 aliphatic carbocycles. The maximum Gasteiger partial charge on any atom is 0.129 e. The van der Waals surface area contributed by atoms with Gasteiger partial charge in [-0.15, -0.1) is 0 Å². The van der Waals surface area contributed by atoms with Gasteiger partial charge in [0.2, 0.25) is 0 Å². The molecule has 2 N–H and O–H groups in total. The number of aliphatic hydroxyl groups excluding tert-OH is 2. The number of hydrogen-bond donors (Lipinski definition) is 2. The molecule has 0 saturated heterocycles. The van der Waals surface area contributed by atoms with Crippen molar-refractivity contribution in [1.82, 2.24) is 4.98 Å². The van der Waals surface area contributed by atoms with Crippen LogP contribution in [0.25, 0.3) is 0 Å². The van der Waals surface area contributed by atoms with Crippen LogP contribution in [0.2, 0.25) is 0 Å². The van der Waals surface area contributed by atoms with Gasteiger partial charge in [-0.2, -0.15) is 0 Å². The Labute approximate surface area is 90.2 Å². The van der Waals surface area contributed by atoms with Gasteiger partial charge < -0.3 is 15.1 Å². The summed E-state index contributed by atoms with van der Waals surface area (Å²) in [7, 11) is 1.88. The molecule has 1 heterocycles. The minimum absolute atomic E-state index is 0.0116. The third-order valence-electron chi connectivity index (χ3n) is 2.47. The molecule has 0 spiro atoms. The highest BCUT2D eigenvalue weighted by molar-refractivity contribution is 5.42. The Balaban J connectivity index is 2.97. The van der Waals surface area contributed by atoms with Gasteiger partial charge >= 0.3 is 0 Å². The fraction of sp³-hybridized carbons (Fsp3) is 0.545. The standard InChI is InChI=1S/C11H18N2O2/c1-8-4-10(7-15)5-11(12-8)13(3)9(2)6-14/h4-5,9,14-15H,6-7H2,1-3H3. The van der Waals surface area contributed by atoms with Gasteiger partial charge in [-0.25, -0.2) is 4.98 Å². The monoisotopic (exact) mass is 210 g/mol. The van der Waals surface area contributed by atoms with Crippen molar-refractivity contribution < 1.29 is 10.2 Å². The number of aryl methyl sites for hydroxylation is 1. The maximum absolute atomic E-state index is 9.07. The first kappa shape index (κ1) is 11.9. The molecule has 0 radical (unpaired) electrons. The summed E-state index contributed by atoms with van der Waals surface area (Å²) in [5.74, 6) is 0.778. The zero-order valence-electron chi connectivity index (χ0n) is 9.44. The van der Waals surface area contributed by atoms with Crippen LogP contribution in [0.1, 0.15) is 18.2 Å². The van der Waals surface area contributed by atoms with Gasteiger partial charge in [0.1, 0.15) is 5.82 Å². The Hall–Kier alpha value is -1.13. The second kappa shape index (κ2) is 5.09. The lowest BCUT2D eigenvalue weighted by Gasteiger charge is -2.24. The molecule has 1 unspecified atom stereocenters. The summed E-state index contributed by atoms with van der Waals surface area (Å²) >= 11 is 0. The molecule has 4 heteroatoms. The molecular weight excluding hydrogens is 192 g/mol. The van der Waals surface area contributed by atoms with E-state index in [2.05, 4.69) is 4.98 Å². The van der Waals surface area contributed by atoms with E-state index in [0.717, 1.165) is 17.1 Å². The number of likely N-dealkylation sites (N-methyl/N-ethyl adjacent to an activating group) is 1. The molecule has 1 rings (SSSR count). The second-order valence-electron chi connectivity index (χ2n) is 3.78. The Morgan fingerprint density at radius 3 is 2.60 bits per heavy atom. The van der Waals surface area contributed by atoms with Gasteiger partial charge in [0.05, 0.1) is 19.3 Å². The number of anilines is 1. The molecule has 0 bridgehead atoms. The van der Waals surface area contributed by atoms with E-state index in [0.29, 0.717) is 0 Å². The van der Waals surface area contributed by atoms with Crippen molar-refractivity contribution >= 4 is 5.82 Å². The van der Waals surface area contributed by atoms with E-state index in [1.54, 1.807) is 0 Å². The smallest absolute Gasteiger partial charge is 0.129 e. The molecule has 0 aliphatic heterocycles. The molecule has 4 nitrogen and oxygen atoms in total. The predicted octanol–water partition coefficient (Wildman–Crippen LogP) is 0.699. The molecule has 1 atom stereocenters. The first-order valence-electron chi connectivity index (χ1n) is 5.00. The third kappa shape index (κ3) is 2.91. The van der Waals surface area contributed by atoms with Crippen LogP contribution in [0.4, 0.5) is 5.82 Å². The second-order valence-corrected chi connectivity index (χ2v) is 3.78. The molecule has 0 amide bonds. The summed E-state index contributed by atoms with van der Waals surface area (Å²) < 4.78 is 0. The fourth-order valence-corrected chi connectivity index (χ4v) is 1.34. The Bertz CT molecular complexity index is 328.